The third-order valence-electron chi connectivity index (χ3n) is 3.14. The molecule has 0 bridgehead atoms. The quantitative estimate of drug-likeness (QED) is 0.597. The second-order valence-electron chi connectivity index (χ2n) is 4.72. The van der Waals surface area contributed by atoms with Gasteiger partial charge in [-0.15, -0.1) is 0 Å². The normalized spacial score (nSPS) is 12.4. The minimum absolute atomic E-state index is 0.0391. The fraction of sp³-hybridized carbons (Fsp3) is 0.250. The third kappa shape index (κ3) is 4.37. The van der Waals surface area contributed by atoms with Gasteiger partial charge in [0.2, 0.25) is 0 Å². The van der Waals surface area contributed by atoms with Crippen molar-refractivity contribution in [2.24, 2.45) is 0 Å². The summed E-state index contributed by atoms with van der Waals surface area (Å²) in [4.78, 5) is 0. The van der Waals surface area contributed by atoms with E-state index in [0.717, 1.165) is 28.6 Å². The number of hydrogen-bond donors (Lipinski definition) is 1. The van der Waals surface area contributed by atoms with Gasteiger partial charge in [0, 0.05) is 19.5 Å². The van der Waals surface area contributed by atoms with Gasteiger partial charge in [-0.05, 0) is 54.4 Å². The molecule has 5 heteroatoms. The third-order valence-corrected chi connectivity index (χ3v) is 4.64. The minimum Gasteiger partial charge on any atom is -0.306 e. The molecule has 1 N–H and O–H groups in total. The topological polar surface area (TPSA) is 12.0 Å². The van der Waals surface area contributed by atoms with Crippen molar-refractivity contribution < 1.29 is 0 Å². The molecule has 2 aromatic carbocycles. The molecular weight excluding hydrogens is 392 g/mol. The van der Waals surface area contributed by atoms with Crippen LogP contribution in [0, 0.1) is 0 Å². The summed E-state index contributed by atoms with van der Waals surface area (Å²) in [5.41, 5.74) is 2.04. The van der Waals surface area contributed by atoms with Crippen molar-refractivity contribution in [3.63, 3.8) is 0 Å². The maximum absolute atomic E-state index is 6.36. The van der Waals surface area contributed by atoms with Crippen LogP contribution in [0.5, 0.6) is 0 Å². The number of halogens is 4. The summed E-state index contributed by atoms with van der Waals surface area (Å²) < 4.78 is 0.944. The summed E-state index contributed by atoms with van der Waals surface area (Å²) in [5, 5.41) is 5.56. The standard InChI is InChI=1S/C16H15BrCl3N/c1-2-7-21-16(12-5-3-11(19)9-14(12)17)13-8-10(18)4-6-15(13)20/h3-6,8-9,16,21H,2,7H2,1H3. The highest BCUT2D eigenvalue weighted by Gasteiger charge is 2.19. The van der Waals surface area contributed by atoms with Gasteiger partial charge >= 0.3 is 0 Å². The number of hydrogen-bond acceptors (Lipinski definition) is 1. The zero-order valence-electron chi connectivity index (χ0n) is 11.5. The van der Waals surface area contributed by atoms with Crippen LogP contribution in [-0.4, -0.2) is 6.54 Å². The van der Waals surface area contributed by atoms with Crippen LogP contribution in [0.4, 0.5) is 0 Å². The Morgan fingerprint density at radius 1 is 1.00 bits per heavy atom. The Balaban J connectivity index is 2.49. The van der Waals surface area contributed by atoms with Crippen molar-refractivity contribution in [1.82, 2.24) is 5.32 Å². The maximum atomic E-state index is 6.36. The number of nitrogens with one attached hydrogen (secondary N) is 1. The molecular formula is C16H15BrCl3N. The molecule has 0 aliphatic heterocycles. The Hall–Kier alpha value is -0.250. The first-order valence-corrected chi connectivity index (χ1v) is 8.59. The van der Waals surface area contributed by atoms with E-state index in [2.05, 4.69) is 28.2 Å². The van der Waals surface area contributed by atoms with E-state index in [1.807, 2.05) is 30.3 Å². The Bertz CT molecular complexity index is 631. The van der Waals surface area contributed by atoms with E-state index in [9.17, 15) is 0 Å². The van der Waals surface area contributed by atoms with Gasteiger partial charge in [-0.3, -0.25) is 0 Å². The highest BCUT2D eigenvalue weighted by atomic mass is 79.9. The first kappa shape index (κ1) is 17.1. The Morgan fingerprint density at radius 3 is 2.33 bits per heavy atom. The lowest BCUT2D eigenvalue weighted by Gasteiger charge is -2.22. The molecule has 0 heterocycles. The van der Waals surface area contributed by atoms with E-state index >= 15 is 0 Å². The molecule has 0 saturated carbocycles. The molecule has 0 amide bonds. The lowest BCUT2D eigenvalue weighted by Crippen LogP contribution is -2.24. The second-order valence-corrected chi connectivity index (χ2v) is 6.85. The molecule has 0 radical (unpaired) electrons. The van der Waals surface area contributed by atoms with Gasteiger partial charge in [0.25, 0.3) is 0 Å². The van der Waals surface area contributed by atoms with Crippen molar-refractivity contribution in [2.75, 3.05) is 6.54 Å². The molecule has 0 fully saturated rings. The van der Waals surface area contributed by atoms with Crippen LogP contribution >= 0.6 is 50.7 Å². The smallest absolute Gasteiger partial charge is 0.0603 e. The van der Waals surface area contributed by atoms with Crippen molar-refractivity contribution in [3.8, 4) is 0 Å². The van der Waals surface area contributed by atoms with Gasteiger partial charge in [-0.25, -0.2) is 0 Å². The van der Waals surface area contributed by atoms with E-state index in [4.69, 9.17) is 34.8 Å². The average Bonchev–Trinajstić information content (AvgIpc) is 2.44. The van der Waals surface area contributed by atoms with Gasteiger partial charge in [-0.2, -0.15) is 0 Å². The van der Waals surface area contributed by atoms with Gasteiger partial charge in [0.15, 0.2) is 0 Å². The highest BCUT2D eigenvalue weighted by molar-refractivity contribution is 9.10. The molecule has 2 aromatic rings. The summed E-state index contributed by atoms with van der Waals surface area (Å²) in [7, 11) is 0. The van der Waals surface area contributed by atoms with Crippen LogP contribution in [0.1, 0.15) is 30.5 Å². The molecule has 2 rings (SSSR count). The van der Waals surface area contributed by atoms with Crippen molar-refractivity contribution in [1.29, 1.82) is 0 Å². The molecule has 21 heavy (non-hydrogen) atoms. The SMILES string of the molecule is CCCNC(c1cc(Cl)ccc1Cl)c1ccc(Cl)cc1Br. The zero-order valence-corrected chi connectivity index (χ0v) is 15.3. The molecule has 0 aromatic heterocycles. The van der Waals surface area contributed by atoms with E-state index < -0.39 is 0 Å². The van der Waals surface area contributed by atoms with Crippen LogP contribution in [-0.2, 0) is 0 Å². The first-order valence-electron chi connectivity index (χ1n) is 6.66. The molecule has 112 valence electrons. The van der Waals surface area contributed by atoms with E-state index in [0.29, 0.717) is 15.1 Å². The molecule has 0 spiro atoms. The Labute approximate surface area is 148 Å². The molecule has 1 nitrogen and oxygen atoms in total. The Kier molecular flexibility index (Phi) is 6.39. The van der Waals surface area contributed by atoms with E-state index in [-0.39, 0.29) is 6.04 Å². The highest BCUT2D eigenvalue weighted by Crippen LogP contribution is 2.35. The predicted octanol–water partition coefficient (Wildman–Crippen LogP) is 6.50. The largest absolute Gasteiger partial charge is 0.306 e. The van der Waals surface area contributed by atoms with Crippen LogP contribution < -0.4 is 5.32 Å². The molecule has 0 aliphatic rings. The van der Waals surface area contributed by atoms with Gasteiger partial charge in [0.1, 0.15) is 0 Å². The van der Waals surface area contributed by atoms with Gasteiger partial charge in [-0.1, -0.05) is 63.7 Å². The first-order chi connectivity index (χ1) is 10.0. The summed E-state index contributed by atoms with van der Waals surface area (Å²) in [6, 6.07) is 11.2. The van der Waals surface area contributed by atoms with Crippen LogP contribution in [0.2, 0.25) is 15.1 Å². The van der Waals surface area contributed by atoms with E-state index in [1.54, 1.807) is 6.07 Å². The van der Waals surface area contributed by atoms with E-state index in [1.165, 1.54) is 0 Å². The summed E-state index contributed by atoms with van der Waals surface area (Å²) in [6.07, 6.45) is 1.03. The maximum Gasteiger partial charge on any atom is 0.0603 e. The minimum atomic E-state index is -0.0391. The number of rotatable bonds is 5. The fourth-order valence-electron chi connectivity index (χ4n) is 2.15. The average molecular weight is 408 g/mol. The van der Waals surface area contributed by atoms with Crippen molar-refractivity contribution >= 4 is 50.7 Å². The van der Waals surface area contributed by atoms with Crippen LogP contribution in [0.15, 0.2) is 40.9 Å². The van der Waals surface area contributed by atoms with Crippen LogP contribution in [0.3, 0.4) is 0 Å². The number of benzene rings is 2. The zero-order chi connectivity index (χ0) is 15.4. The molecule has 0 aliphatic carbocycles. The molecule has 1 unspecified atom stereocenters. The van der Waals surface area contributed by atoms with Crippen LogP contribution in [0.25, 0.3) is 0 Å². The van der Waals surface area contributed by atoms with Crippen molar-refractivity contribution in [3.05, 3.63) is 67.1 Å². The van der Waals surface area contributed by atoms with Gasteiger partial charge in [0.05, 0.1) is 6.04 Å². The summed E-state index contributed by atoms with van der Waals surface area (Å²) in [6.45, 7) is 3.00. The lowest BCUT2D eigenvalue weighted by atomic mass is 9.98. The molecule has 1 atom stereocenters. The predicted molar refractivity (Wildman–Crippen MR) is 95.8 cm³/mol. The summed E-state index contributed by atoms with van der Waals surface area (Å²) in [5.74, 6) is 0. The lowest BCUT2D eigenvalue weighted by molar-refractivity contribution is 0.597. The summed E-state index contributed by atoms with van der Waals surface area (Å²) >= 11 is 22.1. The second kappa shape index (κ2) is 7.85. The Morgan fingerprint density at radius 2 is 1.67 bits per heavy atom. The fourth-order valence-corrected chi connectivity index (χ4v) is 3.47. The monoisotopic (exact) mass is 405 g/mol. The van der Waals surface area contributed by atoms with Gasteiger partial charge < -0.3 is 5.32 Å². The van der Waals surface area contributed by atoms with Crippen molar-refractivity contribution in [2.45, 2.75) is 19.4 Å². The molecule has 0 saturated heterocycles.